The average molecular weight is 305 g/mol. The predicted octanol–water partition coefficient (Wildman–Crippen LogP) is 1.40. The number of nitrogens with one attached hydrogen (secondary N) is 2. The van der Waals surface area contributed by atoms with E-state index in [2.05, 4.69) is 4.72 Å². The van der Waals surface area contributed by atoms with Crippen molar-refractivity contribution in [1.29, 1.82) is 0 Å². The highest BCUT2D eigenvalue weighted by atomic mass is 32.2. The summed E-state index contributed by atoms with van der Waals surface area (Å²) in [6, 6.07) is 12.6. The van der Waals surface area contributed by atoms with Crippen molar-refractivity contribution in [3.63, 3.8) is 0 Å². The van der Waals surface area contributed by atoms with Crippen LogP contribution in [0.3, 0.4) is 0 Å². The number of nitrogen functional groups attached to an aromatic ring is 1. The molecule has 6 nitrogen and oxygen atoms in total. The zero-order chi connectivity index (χ0) is 15.5. The van der Waals surface area contributed by atoms with E-state index in [-0.39, 0.29) is 10.5 Å². The first-order valence-electron chi connectivity index (χ1n) is 6.13. The fourth-order valence-corrected chi connectivity index (χ4v) is 2.83. The highest BCUT2D eigenvalue weighted by Gasteiger charge is 2.16. The molecule has 21 heavy (non-hydrogen) atoms. The number of aryl methyl sites for hydroxylation is 1. The van der Waals surface area contributed by atoms with Crippen molar-refractivity contribution in [2.75, 3.05) is 4.72 Å². The summed E-state index contributed by atoms with van der Waals surface area (Å²) in [7, 11) is -3.76. The van der Waals surface area contributed by atoms with Gasteiger partial charge in [0.2, 0.25) is 0 Å². The molecule has 0 bridgehead atoms. The molecular formula is C14H15N3O3S. The van der Waals surface area contributed by atoms with Gasteiger partial charge < -0.3 is 0 Å². The smallest absolute Gasteiger partial charge is 0.265 e. The number of hydrazine groups is 1. The number of benzene rings is 2. The molecule has 7 heteroatoms. The van der Waals surface area contributed by atoms with Gasteiger partial charge in [0.15, 0.2) is 0 Å². The zero-order valence-electron chi connectivity index (χ0n) is 11.3. The van der Waals surface area contributed by atoms with Gasteiger partial charge in [0.1, 0.15) is 0 Å². The highest BCUT2D eigenvalue weighted by Crippen LogP contribution is 2.17. The molecule has 4 N–H and O–H groups in total. The van der Waals surface area contributed by atoms with E-state index < -0.39 is 15.9 Å². The monoisotopic (exact) mass is 305 g/mol. The Balaban J connectivity index is 2.31. The minimum Gasteiger partial charge on any atom is -0.290 e. The third-order valence-corrected chi connectivity index (χ3v) is 4.22. The fraction of sp³-hybridized carbons (Fsp3) is 0.0714. The predicted molar refractivity (Wildman–Crippen MR) is 80.1 cm³/mol. The first-order chi connectivity index (χ1) is 9.92. The van der Waals surface area contributed by atoms with Gasteiger partial charge in [0.05, 0.1) is 4.90 Å². The van der Waals surface area contributed by atoms with Crippen LogP contribution in [0.15, 0.2) is 53.4 Å². The molecule has 0 saturated carbocycles. The maximum absolute atomic E-state index is 12.3. The molecule has 0 spiro atoms. The lowest BCUT2D eigenvalue weighted by molar-refractivity contribution is 0.0953. The number of amides is 1. The summed E-state index contributed by atoms with van der Waals surface area (Å²) in [6.45, 7) is 1.91. The van der Waals surface area contributed by atoms with Crippen molar-refractivity contribution >= 4 is 21.6 Å². The largest absolute Gasteiger partial charge is 0.290 e. The van der Waals surface area contributed by atoms with E-state index in [1.807, 2.05) is 12.3 Å². The second kappa shape index (κ2) is 5.94. The van der Waals surface area contributed by atoms with E-state index in [0.29, 0.717) is 5.69 Å². The number of hydrogen-bond donors (Lipinski definition) is 3. The van der Waals surface area contributed by atoms with Crippen molar-refractivity contribution in [3.05, 3.63) is 59.7 Å². The van der Waals surface area contributed by atoms with Gasteiger partial charge in [-0.15, -0.1) is 0 Å². The summed E-state index contributed by atoms with van der Waals surface area (Å²) in [6.07, 6.45) is 0. The van der Waals surface area contributed by atoms with Gasteiger partial charge in [-0.1, -0.05) is 23.8 Å². The van der Waals surface area contributed by atoms with Gasteiger partial charge in [-0.25, -0.2) is 14.3 Å². The van der Waals surface area contributed by atoms with Gasteiger partial charge in [-0.2, -0.15) is 0 Å². The first kappa shape index (κ1) is 15.0. The Morgan fingerprint density at radius 1 is 1.10 bits per heavy atom. The SMILES string of the molecule is Cc1ccc(NS(=O)(=O)c2cccc(C(=O)NN)c2)cc1. The summed E-state index contributed by atoms with van der Waals surface area (Å²) in [5, 5.41) is 0. The van der Waals surface area contributed by atoms with E-state index >= 15 is 0 Å². The van der Waals surface area contributed by atoms with Crippen LogP contribution in [-0.4, -0.2) is 14.3 Å². The van der Waals surface area contributed by atoms with Crippen LogP contribution in [0.25, 0.3) is 0 Å². The van der Waals surface area contributed by atoms with E-state index in [9.17, 15) is 13.2 Å². The van der Waals surface area contributed by atoms with Gasteiger partial charge in [-0.05, 0) is 37.3 Å². The summed E-state index contributed by atoms with van der Waals surface area (Å²) in [5.74, 6) is 4.48. The number of nitrogens with two attached hydrogens (primary N) is 1. The van der Waals surface area contributed by atoms with E-state index in [1.165, 1.54) is 24.3 Å². The zero-order valence-corrected chi connectivity index (χ0v) is 12.1. The number of sulfonamides is 1. The lowest BCUT2D eigenvalue weighted by Crippen LogP contribution is -2.30. The van der Waals surface area contributed by atoms with Crippen LogP contribution in [0, 0.1) is 6.92 Å². The molecule has 0 atom stereocenters. The van der Waals surface area contributed by atoms with Gasteiger partial charge in [0, 0.05) is 11.3 Å². The molecule has 2 aromatic rings. The number of anilines is 1. The van der Waals surface area contributed by atoms with Crippen molar-refractivity contribution < 1.29 is 13.2 Å². The number of carbonyl (C=O) groups is 1. The summed E-state index contributed by atoms with van der Waals surface area (Å²) < 4.78 is 27.0. The lowest BCUT2D eigenvalue weighted by Gasteiger charge is -2.09. The molecule has 0 aliphatic rings. The number of rotatable bonds is 4. The Labute approximate surface area is 123 Å². The maximum Gasteiger partial charge on any atom is 0.265 e. The van der Waals surface area contributed by atoms with E-state index in [1.54, 1.807) is 24.3 Å². The van der Waals surface area contributed by atoms with Crippen molar-refractivity contribution in [3.8, 4) is 0 Å². The highest BCUT2D eigenvalue weighted by molar-refractivity contribution is 7.92. The quantitative estimate of drug-likeness (QED) is 0.451. The molecular weight excluding hydrogens is 290 g/mol. The average Bonchev–Trinajstić information content (AvgIpc) is 2.49. The molecule has 1 amide bonds. The van der Waals surface area contributed by atoms with Gasteiger partial charge >= 0.3 is 0 Å². The topological polar surface area (TPSA) is 101 Å². The van der Waals surface area contributed by atoms with Crippen LogP contribution in [0.1, 0.15) is 15.9 Å². The van der Waals surface area contributed by atoms with Crippen molar-refractivity contribution in [1.82, 2.24) is 5.43 Å². The minimum atomic E-state index is -3.76. The number of carbonyl (C=O) groups excluding carboxylic acids is 1. The third kappa shape index (κ3) is 3.59. The lowest BCUT2D eigenvalue weighted by atomic mass is 10.2. The Hall–Kier alpha value is -2.38. The molecule has 110 valence electrons. The Morgan fingerprint density at radius 3 is 2.38 bits per heavy atom. The normalized spacial score (nSPS) is 11.0. The van der Waals surface area contributed by atoms with Crippen LogP contribution in [0.2, 0.25) is 0 Å². The summed E-state index contributed by atoms with van der Waals surface area (Å²) in [5.41, 5.74) is 3.61. The second-order valence-corrected chi connectivity index (χ2v) is 6.16. The minimum absolute atomic E-state index is 0.0100. The summed E-state index contributed by atoms with van der Waals surface area (Å²) in [4.78, 5) is 11.4. The Kier molecular flexibility index (Phi) is 4.25. The van der Waals surface area contributed by atoms with Crippen LogP contribution in [0.4, 0.5) is 5.69 Å². The van der Waals surface area contributed by atoms with Crippen LogP contribution < -0.4 is 16.0 Å². The molecule has 2 aromatic carbocycles. The van der Waals surface area contributed by atoms with Crippen LogP contribution in [-0.2, 0) is 10.0 Å². The second-order valence-electron chi connectivity index (χ2n) is 4.47. The van der Waals surface area contributed by atoms with E-state index in [4.69, 9.17) is 5.84 Å². The van der Waals surface area contributed by atoms with Gasteiger partial charge in [0.25, 0.3) is 15.9 Å². The van der Waals surface area contributed by atoms with Crippen molar-refractivity contribution in [2.24, 2.45) is 5.84 Å². The van der Waals surface area contributed by atoms with Crippen molar-refractivity contribution in [2.45, 2.75) is 11.8 Å². The molecule has 0 heterocycles. The standard InChI is InChI=1S/C14H15N3O3S/c1-10-5-7-12(8-6-10)17-21(19,20)13-4-2-3-11(9-13)14(18)16-15/h2-9,17H,15H2,1H3,(H,16,18). The number of hydrogen-bond acceptors (Lipinski definition) is 4. The molecule has 0 aliphatic heterocycles. The third-order valence-electron chi connectivity index (χ3n) is 2.84. The maximum atomic E-state index is 12.3. The Morgan fingerprint density at radius 2 is 1.76 bits per heavy atom. The van der Waals surface area contributed by atoms with Crippen LogP contribution in [0.5, 0.6) is 0 Å². The van der Waals surface area contributed by atoms with Gasteiger partial charge in [-0.3, -0.25) is 14.9 Å². The molecule has 0 saturated heterocycles. The molecule has 0 fully saturated rings. The van der Waals surface area contributed by atoms with E-state index in [0.717, 1.165) is 5.56 Å². The first-order valence-corrected chi connectivity index (χ1v) is 7.61. The molecule has 0 unspecified atom stereocenters. The van der Waals surface area contributed by atoms with Crippen LogP contribution >= 0.6 is 0 Å². The fourth-order valence-electron chi connectivity index (χ4n) is 1.72. The molecule has 2 rings (SSSR count). The molecule has 0 aliphatic carbocycles. The molecule has 0 aromatic heterocycles. The summed E-state index contributed by atoms with van der Waals surface area (Å²) >= 11 is 0. The molecule has 0 radical (unpaired) electrons. The Bertz CT molecular complexity index is 755.